The minimum Gasteiger partial charge on any atom is -0.387 e. The van der Waals surface area contributed by atoms with Crippen LogP contribution in [0.15, 0.2) is 24.3 Å². The molecule has 0 bridgehead atoms. The number of thioether (sulfide) groups is 1. The van der Waals surface area contributed by atoms with Gasteiger partial charge in [0.1, 0.15) is 5.82 Å². The molecule has 1 atom stereocenters. The highest BCUT2D eigenvalue weighted by Crippen LogP contribution is 2.08. The highest BCUT2D eigenvalue weighted by molar-refractivity contribution is 7.98. The second-order valence-electron chi connectivity index (χ2n) is 4.59. The fourth-order valence-electron chi connectivity index (χ4n) is 1.48. The van der Waals surface area contributed by atoms with E-state index in [9.17, 15) is 14.3 Å². The van der Waals surface area contributed by atoms with E-state index >= 15 is 0 Å². The van der Waals surface area contributed by atoms with E-state index in [0.29, 0.717) is 12.3 Å². The molecule has 2 amide bonds. The molecule has 0 aliphatic heterocycles. The summed E-state index contributed by atoms with van der Waals surface area (Å²) in [6.45, 7) is 2.17. The Kier molecular flexibility index (Phi) is 6.11. The van der Waals surface area contributed by atoms with Crippen molar-refractivity contribution in [3.05, 3.63) is 35.6 Å². The summed E-state index contributed by atoms with van der Waals surface area (Å²) in [7, 11) is 0. The van der Waals surface area contributed by atoms with Gasteiger partial charge in [0.05, 0.1) is 5.60 Å². The number of carbonyl (C=O) groups is 1. The van der Waals surface area contributed by atoms with E-state index in [2.05, 4.69) is 10.6 Å². The van der Waals surface area contributed by atoms with Crippen molar-refractivity contribution in [2.45, 2.75) is 19.1 Å². The van der Waals surface area contributed by atoms with Crippen LogP contribution in [0.4, 0.5) is 9.18 Å². The largest absolute Gasteiger partial charge is 0.387 e. The second kappa shape index (κ2) is 7.35. The van der Waals surface area contributed by atoms with Gasteiger partial charge in [-0.15, -0.1) is 0 Å². The number of hydrogen-bond acceptors (Lipinski definition) is 3. The Hall–Kier alpha value is -1.27. The summed E-state index contributed by atoms with van der Waals surface area (Å²) in [5, 5.41) is 15.1. The van der Waals surface area contributed by atoms with Crippen molar-refractivity contribution < 1.29 is 14.3 Å². The minimum absolute atomic E-state index is 0.184. The van der Waals surface area contributed by atoms with Crippen LogP contribution in [0.3, 0.4) is 0 Å². The Labute approximate surface area is 116 Å². The minimum atomic E-state index is -0.924. The topological polar surface area (TPSA) is 61.4 Å². The molecule has 0 saturated heterocycles. The Morgan fingerprint density at radius 3 is 2.58 bits per heavy atom. The van der Waals surface area contributed by atoms with Gasteiger partial charge in [-0.1, -0.05) is 12.1 Å². The van der Waals surface area contributed by atoms with E-state index in [-0.39, 0.29) is 18.4 Å². The van der Waals surface area contributed by atoms with Crippen LogP contribution >= 0.6 is 11.8 Å². The highest BCUT2D eigenvalue weighted by Gasteiger charge is 2.20. The first-order valence-electron chi connectivity index (χ1n) is 5.90. The summed E-state index contributed by atoms with van der Waals surface area (Å²) in [6.07, 6.45) is 1.89. The first kappa shape index (κ1) is 15.8. The van der Waals surface area contributed by atoms with E-state index in [1.807, 2.05) is 6.26 Å². The molecule has 1 aromatic rings. The number of aliphatic hydroxyl groups is 1. The normalized spacial score (nSPS) is 13.7. The molecule has 6 heteroatoms. The zero-order chi connectivity index (χ0) is 14.3. The van der Waals surface area contributed by atoms with Crippen molar-refractivity contribution in [3.63, 3.8) is 0 Å². The quantitative estimate of drug-likeness (QED) is 0.746. The SMILES string of the molecule is CSCC(C)(O)CNC(=O)NCc1ccc(F)cc1. The molecule has 1 unspecified atom stereocenters. The Morgan fingerprint density at radius 2 is 2.00 bits per heavy atom. The van der Waals surface area contributed by atoms with E-state index in [0.717, 1.165) is 5.56 Å². The van der Waals surface area contributed by atoms with Gasteiger partial charge < -0.3 is 15.7 Å². The number of benzene rings is 1. The lowest BCUT2D eigenvalue weighted by Crippen LogP contribution is -2.45. The van der Waals surface area contributed by atoms with Crippen LogP contribution in [0.5, 0.6) is 0 Å². The predicted octanol–water partition coefficient (Wildman–Crippen LogP) is 1.74. The lowest BCUT2D eigenvalue weighted by atomic mass is 10.1. The molecule has 1 aromatic carbocycles. The zero-order valence-corrected chi connectivity index (χ0v) is 11.9. The van der Waals surface area contributed by atoms with Crippen molar-refractivity contribution >= 4 is 17.8 Å². The van der Waals surface area contributed by atoms with Crippen molar-refractivity contribution in [2.24, 2.45) is 0 Å². The van der Waals surface area contributed by atoms with E-state index in [1.54, 1.807) is 19.1 Å². The summed E-state index contributed by atoms with van der Waals surface area (Å²) in [5.41, 5.74) is -0.112. The van der Waals surface area contributed by atoms with Crippen molar-refractivity contribution in [1.82, 2.24) is 10.6 Å². The van der Waals surface area contributed by atoms with Gasteiger partial charge in [0.15, 0.2) is 0 Å². The molecule has 1 rings (SSSR count). The third kappa shape index (κ3) is 6.45. The van der Waals surface area contributed by atoms with Gasteiger partial charge in [0, 0.05) is 18.8 Å². The van der Waals surface area contributed by atoms with E-state index in [1.165, 1.54) is 23.9 Å². The number of hydrogen-bond donors (Lipinski definition) is 3. The maximum atomic E-state index is 12.7. The molecule has 0 saturated carbocycles. The van der Waals surface area contributed by atoms with Crippen LogP contribution in [-0.2, 0) is 6.54 Å². The van der Waals surface area contributed by atoms with Gasteiger partial charge in [-0.05, 0) is 30.9 Å². The maximum Gasteiger partial charge on any atom is 0.315 e. The molecule has 3 N–H and O–H groups in total. The molecule has 0 radical (unpaired) electrons. The summed E-state index contributed by atoms with van der Waals surface area (Å²) >= 11 is 1.51. The lowest BCUT2D eigenvalue weighted by Gasteiger charge is -2.22. The molecule has 0 spiro atoms. The van der Waals surface area contributed by atoms with Gasteiger partial charge >= 0.3 is 6.03 Å². The van der Waals surface area contributed by atoms with E-state index < -0.39 is 5.60 Å². The monoisotopic (exact) mass is 286 g/mol. The number of urea groups is 1. The van der Waals surface area contributed by atoms with Crippen LogP contribution in [0.1, 0.15) is 12.5 Å². The van der Waals surface area contributed by atoms with Crippen LogP contribution < -0.4 is 10.6 Å². The lowest BCUT2D eigenvalue weighted by molar-refractivity contribution is 0.0869. The Bertz CT molecular complexity index is 410. The third-order valence-electron chi connectivity index (χ3n) is 2.45. The predicted molar refractivity (Wildman–Crippen MR) is 75.6 cm³/mol. The molecule has 0 fully saturated rings. The van der Waals surface area contributed by atoms with Crippen molar-refractivity contribution in [1.29, 1.82) is 0 Å². The number of rotatable bonds is 6. The summed E-state index contributed by atoms with van der Waals surface area (Å²) in [6, 6.07) is 5.56. The highest BCUT2D eigenvalue weighted by atomic mass is 32.2. The molecule has 4 nitrogen and oxygen atoms in total. The van der Waals surface area contributed by atoms with Gasteiger partial charge in [0.2, 0.25) is 0 Å². The van der Waals surface area contributed by atoms with Gasteiger partial charge in [-0.3, -0.25) is 0 Å². The summed E-state index contributed by atoms with van der Waals surface area (Å²) in [5.74, 6) is 0.243. The maximum absolute atomic E-state index is 12.7. The van der Waals surface area contributed by atoms with Crippen LogP contribution in [0, 0.1) is 5.82 Å². The van der Waals surface area contributed by atoms with Crippen LogP contribution in [0.25, 0.3) is 0 Å². The second-order valence-corrected chi connectivity index (χ2v) is 5.46. The number of halogens is 1. The average Bonchev–Trinajstić information content (AvgIpc) is 2.36. The molecule has 19 heavy (non-hydrogen) atoms. The Morgan fingerprint density at radius 1 is 1.37 bits per heavy atom. The smallest absolute Gasteiger partial charge is 0.315 e. The van der Waals surface area contributed by atoms with Gasteiger partial charge in [0.25, 0.3) is 0 Å². The van der Waals surface area contributed by atoms with Crippen LogP contribution in [0.2, 0.25) is 0 Å². The molecule has 0 aromatic heterocycles. The van der Waals surface area contributed by atoms with Gasteiger partial charge in [-0.2, -0.15) is 11.8 Å². The molecule has 0 aliphatic rings. The first-order valence-corrected chi connectivity index (χ1v) is 7.30. The number of carbonyl (C=O) groups excluding carboxylic acids is 1. The third-order valence-corrected chi connectivity index (χ3v) is 3.36. The van der Waals surface area contributed by atoms with Crippen LogP contribution in [-0.4, -0.2) is 35.3 Å². The van der Waals surface area contributed by atoms with Crippen molar-refractivity contribution in [3.8, 4) is 0 Å². The molecule has 0 aliphatic carbocycles. The molecule has 0 heterocycles. The fourth-order valence-corrected chi connectivity index (χ4v) is 2.20. The zero-order valence-electron chi connectivity index (χ0n) is 11.1. The fraction of sp³-hybridized carbons (Fsp3) is 0.462. The first-order chi connectivity index (χ1) is 8.93. The molecule has 106 valence electrons. The number of amides is 2. The average molecular weight is 286 g/mol. The standard InChI is InChI=1S/C13H19FN2O2S/c1-13(18,9-19-2)8-16-12(17)15-7-10-3-5-11(14)6-4-10/h3-6,18H,7-9H2,1-2H3,(H2,15,16,17). The molecular formula is C13H19FN2O2S. The van der Waals surface area contributed by atoms with E-state index in [4.69, 9.17) is 0 Å². The molecular weight excluding hydrogens is 267 g/mol. The summed E-state index contributed by atoms with van der Waals surface area (Å²) in [4.78, 5) is 11.5. The Balaban J connectivity index is 2.30. The number of nitrogens with one attached hydrogen (secondary N) is 2. The summed E-state index contributed by atoms with van der Waals surface area (Å²) < 4.78 is 12.7. The van der Waals surface area contributed by atoms with Crippen molar-refractivity contribution in [2.75, 3.05) is 18.6 Å². The van der Waals surface area contributed by atoms with Gasteiger partial charge in [-0.25, -0.2) is 9.18 Å².